The van der Waals surface area contributed by atoms with Crippen molar-refractivity contribution in [2.24, 2.45) is 17.3 Å². The van der Waals surface area contributed by atoms with Crippen LogP contribution >= 0.6 is 0 Å². The molecule has 1 aliphatic heterocycles. The highest BCUT2D eigenvalue weighted by Crippen LogP contribution is 2.46. The van der Waals surface area contributed by atoms with Gasteiger partial charge in [-0.1, -0.05) is 34.6 Å². The molecule has 0 bridgehead atoms. The Morgan fingerprint density at radius 1 is 1.16 bits per heavy atom. The van der Waals surface area contributed by atoms with Gasteiger partial charge in [-0.25, -0.2) is 4.79 Å². The molecule has 2 atom stereocenters. The van der Waals surface area contributed by atoms with E-state index in [0.29, 0.717) is 36.4 Å². The molecule has 0 aromatic heterocycles. The summed E-state index contributed by atoms with van der Waals surface area (Å²) in [4.78, 5) is 51.5. The number of imide groups is 1. The smallest absolute Gasteiger partial charge is 0.325 e. The molecule has 31 heavy (non-hydrogen) atoms. The minimum atomic E-state index is -0.914. The molecule has 2 N–H and O–H groups in total. The molecule has 7 nitrogen and oxygen atoms in total. The van der Waals surface area contributed by atoms with E-state index in [4.69, 9.17) is 0 Å². The van der Waals surface area contributed by atoms with E-state index in [2.05, 4.69) is 31.4 Å². The normalized spacial score (nSPS) is 25.1. The SMILES string of the molecule is CC(C)CC(=O)Nc1ccc(C(=O)CN2C(=O)NC3(CC(C)CC(C)(C)C3)C2=O)cc1. The van der Waals surface area contributed by atoms with Gasteiger partial charge in [0, 0.05) is 17.7 Å². The largest absolute Gasteiger partial charge is 0.326 e. The summed E-state index contributed by atoms with van der Waals surface area (Å²) in [5, 5.41) is 5.69. The number of rotatable bonds is 6. The van der Waals surface area contributed by atoms with Crippen LogP contribution in [0.3, 0.4) is 0 Å². The molecule has 4 amide bonds. The second-order valence-electron chi connectivity index (χ2n) is 10.4. The van der Waals surface area contributed by atoms with Gasteiger partial charge in [0.1, 0.15) is 5.54 Å². The number of amides is 4. The lowest BCUT2D eigenvalue weighted by molar-refractivity contribution is -0.134. The Morgan fingerprint density at radius 3 is 2.39 bits per heavy atom. The minimum Gasteiger partial charge on any atom is -0.326 e. The first-order valence-corrected chi connectivity index (χ1v) is 11.0. The number of carbonyl (C=O) groups is 4. The zero-order valence-corrected chi connectivity index (χ0v) is 19.1. The van der Waals surface area contributed by atoms with Crippen LogP contribution in [-0.2, 0) is 9.59 Å². The number of urea groups is 1. The van der Waals surface area contributed by atoms with Crippen LogP contribution < -0.4 is 10.6 Å². The Bertz CT molecular complexity index is 891. The van der Waals surface area contributed by atoms with Crippen LogP contribution in [0, 0.1) is 17.3 Å². The van der Waals surface area contributed by atoms with Crippen LogP contribution in [0.2, 0.25) is 0 Å². The van der Waals surface area contributed by atoms with Crippen molar-refractivity contribution < 1.29 is 19.2 Å². The van der Waals surface area contributed by atoms with Crippen molar-refractivity contribution in [2.45, 2.75) is 65.8 Å². The number of nitrogens with one attached hydrogen (secondary N) is 2. The molecule has 2 unspecified atom stereocenters. The van der Waals surface area contributed by atoms with Crippen LogP contribution in [0.5, 0.6) is 0 Å². The van der Waals surface area contributed by atoms with Gasteiger partial charge in [-0.3, -0.25) is 19.3 Å². The average molecular weight is 428 g/mol. The Labute approximate surface area is 183 Å². The van der Waals surface area contributed by atoms with Crippen molar-refractivity contribution in [3.8, 4) is 0 Å². The third kappa shape index (κ3) is 5.14. The summed E-state index contributed by atoms with van der Waals surface area (Å²) >= 11 is 0. The molecule has 1 aromatic carbocycles. The fourth-order valence-corrected chi connectivity index (χ4v) is 5.21. The summed E-state index contributed by atoms with van der Waals surface area (Å²) in [6, 6.07) is 6.02. The van der Waals surface area contributed by atoms with Gasteiger partial charge in [0.2, 0.25) is 5.91 Å². The quantitative estimate of drug-likeness (QED) is 0.530. The number of carbonyl (C=O) groups excluding carboxylic acids is 4. The third-order valence-corrected chi connectivity index (χ3v) is 6.01. The highest BCUT2D eigenvalue weighted by molar-refractivity contribution is 6.11. The summed E-state index contributed by atoms with van der Waals surface area (Å²) < 4.78 is 0. The summed E-state index contributed by atoms with van der Waals surface area (Å²) in [6.45, 7) is 9.96. The summed E-state index contributed by atoms with van der Waals surface area (Å²) in [5.41, 5.74) is 0.0230. The first kappa shape index (κ1) is 23.0. The predicted octanol–water partition coefficient (Wildman–Crippen LogP) is 3.99. The molecule has 3 rings (SSSR count). The molecule has 7 heteroatoms. The van der Waals surface area contributed by atoms with E-state index in [1.165, 1.54) is 0 Å². The first-order valence-electron chi connectivity index (χ1n) is 11.0. The second kappa shape index (κ2) is 8.44. The van der Waals surface area contributed by atoms with Crippen molar-refractivity contribution in [1.29, 1.82) is 0 Å². The summed E-state index contributed by atoms with van der Waals surface area (Å²) in [7, 11) is 0. The Balaban J connectivity index is 1.67. The molecule has 1 saturated carbocycles. The molecule has 2 fully saturated rings. The lowest BCUT2D eigenvalue weighted by Gasteiger charge is -2.43. The van der Waals surface area contributed by atoms with Gasteiger partial charge in [0.15, 0.2) is 5.78 Å². The van der Waals surface area contributed by atoms with E-state index in [1.807, 2.05) is 13.8 Å². The standard InChI is InChI=1S/C24H33N3O4/c1-15(2)10-20(29)25-18-8-6-17(7-9-18)19(28)13-27-21(30)24(26-22(27)31)12-16(3)11-23(4,5)14-24/h6-9,15-16H,10-14H2,1-5H3,(H,25,29)(H,26,31). The van der Waals surface area contributed by atoms with E-state index < -0.39 is 11.6 Å². The number of anilines is 1. The number of Topliss-reactive ketones (excluding diaryl/α,β-unsaturated/α-hetero) is 1. The maximum Gasteiger partial charge on any atom is 0.325 e. The van der Waals surface area contributed by atoms with Crippen LogP contribution in [0.25, 0.3) is 0 Å². The minimum absolute atomic E-state index is 0.0591. The highest BCUT2D eigenvalue weighted by Gasteiger charge is 2.56. The maximum atomic E-state index is 13.2. The van der Waals surface area contributed by atoms with Gasteiger partial charge in [0.05, 0.1) is 6.54 Å². The van der Waals surface area contributed by atoms with Crippen molar-refractivity contribution in [3.63, 3.8) is 0 Å². The molecule has 1 heterocycles. The van der Waals surface area contributed by atoms with E-state index in [-0.39, 0.29) is 35.5 Å². The molecular formula is C24H33N3O4. The van der Waals surface area contributed by atoms with Crippen LogP contribution in [-0.4, -0.2) is 40.6 Å². The van der Waals surface area contributed by atoms with Crippen LogP contribution in [0.15, 0.2) is 24.3 Å². The van der Waals surface area contributed by atoms with Gasteiger partial charge in [0.25, 0.3) is 5.91 Å². The lowest BCUT2D eigenvalue weighted by atomic mass is 9.64. The molecule has 1 saturated heterocycles. The molecule has 1 aromatic rings. The zero-order valence-electron chi connectivity index (χ0n) is 19.1. The lowest BCUT2D eigenvalue weighted by Crippen LogP contribution is -2.54. The van der Waals surface area contributed by atoms with Crippen molar-refractivity contribution in [2.75, 3.05) is 11.9 Å². The Morgan fingerprint density at radius 2 is 1.81 bits per heavy atom. The van der Waals surface area contributed by atoms with Crippen molar-refractivity contribution in [3.05, 3.63) is 29.8 Å². The van der Waals surface area contributed by atoms with E-state index in [1.54, 1.807) is 24.3 Å². The Kier molecular flexibility index (Phi) is 6.25. The summed E-state index contributed by atoms with van der Waals surface area (Å²) in [6.07, 6.45) is 2.59. The number of hydrogen-bond acceptors (Lipinski definition) is 4. The van der Waals surface area contributed by atoms with Crippen LogP contribution in [0.4, 0.5) is 10.5 Å². The van der Waals surface area contributed by atoms with E-state index >= 15 is 0 Å². The topological polar surface area (TPSA) is 95.6 Å². The first-order chi connectivity index (χ1) is 14.4. The molecule has 1 aliphatic carbocycles. The van der Waals surface area contributed by atoms with E-state index in [9.17, 15) is 19.2 Å². The van der Waals surface area contributed by atoms with Crippen LogP contribution in [0.1, 0.15) is 70.7 Å². The van der Waals surface area contributed by atoms with E-state index in [0.717, 1.165) is 11.3 Å². The van der Waals surface area contributed by atoms with Gasteiger partial charge in [-0.05, 0) is 60.8 Å². The number of ketones is 1. The molecular weight excluding hydrogens is 394 g/mol. The van der Waals surface area contributed by atoms with Gasteiger partial charge >= 0.3 is 6.03 Å². The molecule has 1 spiro atoms. The fraction of sp³-hybridized carbons (Fsp3) is 0.583. The number of nitrogens with zero attached hydrogens (tertiary/aromatic N) is 1. The number of benzene rings is 1. The van der Waals surface area contributed by atoms with Gasteiger partial charge in [-0.15, -0.1) is 0 Å². The monoisotopic (exact) mass is 427 g/mol. The third-order valence-electron chi connectivity index (χ3n) is 6.01. The van der Waals surface area contributed by atoms with Gasteiger partial charge in [-0.2, -0.15) is 0 Å². The molecule has 2 aliphatic rings. The van der Waals surface area contributed by atoms with Gasteiger partial charge < -0.3 is 10.6 Å². The predicted molar refractivity (Wildman–Crippen MR) is 119 cm³/mol. The average Bonchev–Trinajstić information content (AvgIpc) is 2.83. The van der Waals surface area contributed by atoms with Crippen molar-refractivity contribution >= 4 is 29.3 Å². The zero-order chi connectivity index (χ0) is 23.0. The van der Waals surface area contributed by atoms with Crippen molar-refractivity contribution in [1.82, 2.24) is 10.2 Å². The molecule has 168 valence electrons. The fourth-order valence-electron chi connectivity index (χ4n) is 5.21. The highest BCUT2D eigenvalue weighted by atomic mass is 16.2. The maximum absolute atomic E-state index is 13.2. The second-order valence-corrected chi connectivity index (χ2v) is 10.4. The summed E-state index contributed by atoms with van der Waals surface area (Å²) in [5.74, 6) is -0.136. The number of hydrogen-bond donors (Lipinski definition) is 2. The molecule has 0 radical (unpaired) electrons. The Hall–Kier alpha value is -2.70.